The van der Waals surface area contributed by atoms with Crippen molar-refractivity contribution in [1.82, 2.24) is 19.9 Å². The average Bonchev–Trinajstić information content (AvgIpc) is 2.65. The first-order valence-electron chi connectivity index (χ1n) is 8.73. The van der Waals surface area contributed by atoms with Gasteiger partial charge in [-0.15, -0.1) is 0 Å². The minimum Gasteiger partial charge on any atom is -0.355 e. The van der Waals surface area contributed by atoms with Crippen LogP contribution in [-0.2, 0) is 24.2 Å². The topological polar surface area (TPSA) is 76.9 Å². The highest BCUT2D eigenvalue weighted by molar-refractivity contribution is 5.81. The Labute approximate surface area is 151 Å². The second-order valence-electron chi connectivity index (χ2n) is 6.23. The van der Waals surface area contributed by atoms with Crippen LogP contribution in [0.15, 0.2) is 47.7 Å². The number of carbonyl (C=O) groups is 1. The lowest BCUT2D eigenvalue weighted by Gasteiger charge is -2.11. The van der Waals surface area contributed by atoms with Crippen molar-refractivity contribution >= 4 is 16.9 Å². The molecular formula is C20H22N4O2. The zero-order valence-corrected chi connectivity index (χ0v) is 15.0. The quantitative estimate of drug-likeness (QED) is 0.738. The van der Waals surface area contributed by atoms with Crippen LogP contribution in [0.4, 0.5) is 0 Å². The lowest BCUT2D eigenvalue weighted by molar-refractivity contribution is -0.120. The number of rotatable bonds is 6. The van der Waals surface area contributed by atoms with Crippen LogP contribution in [0.2, 0.25) is 0 Å². The summed E-state index contributed by atoms with van der Waals surface area (Å²) in [5.41, 5.74) is 3.01. The molecule has 0 atom stereocenters. The molecule has 0 saturated carbocycles. The molecule has 6 heteroatoms. The molecule has 6 nitrogen and oxygen atoms in total. The SMILES string of the molecule is CCn1cc(CC(=O)NCCc2ccncc2)c(=O)c2ccc(C)nc21. The molecular weight excluding hydrogens is 328 g/mol. The van der Waals surface area contributed by atoms with Gasteiger partial charge in [0.1, 0.15) is 5.65 Å². The molecule has 1 N–H and O–H groups in total. The van der Waals surface area contributed by atoms with Crippen LogP contribution in [-0.4, -0.2) is 27.0 Å². The monoisotopic (exact) mass is 350 g/mol. The summed E-state index contributed by atoms with van der Waals surface area (Å²) in [5.74, 6) is -0.154. The zero-order chi connectivity index (χ0) is 18.5. The molecule has 0 spiro atoms. The van der Waals surface area contributed by atoms with Gasteiger partial charge in [0.05, 0.1) is 11.8 Å². The Morgan fingerprint density at radius 2 is 1.96 bits per heavy atom. The van der Waals surface area contributed by atoms with Crippen molar-refractivity contribution in [2.45, 2.75) is 33.2 Å². The maximum atomic E-state index is 12.7. The maximum absolute atomic E-state index is 12.7. The third-order valence-electron chi connectivity index (χ3n) is 4.31. The van der Waals surface area contributed by atoms with E-state index in [1.807, 2.05) is 36.6 Å². The zero-order valence-electron chi connectivity index (χ0n) is 15.0. The van der Waals surface area contributed by atoms with Gasteiger partial charge in [0, 0.05) is 42.9 Å². The average molecular weight is 350 g/mol. The van der Waals surface area contributed by atoms with E-state index in [0.717, 1.165) is 17.7 Å². The minimum atomic E-state index is -0.154. The second kappa shape index (κ2) is 7.91. The van der Waals surface area contributed by atoms with Crippen molar-refractivity contribution in [2.24, 2.45) is 0 Å². The fraction of sp³-hybridized carbons (Fsp3) is 0.300. The molecule has 1 amide bonds. The number of aryl methyl sites for hydroxylation is 2. The van der Waals surface area contributed by atoms with E-state index in [1.165, 1.54) is 0 Å². The number of nitrogens with zero attached hydrogens (tertiary/aromatic N) is 3. The summed E-state index contributed by atoms with van der Waals surface area (Å²) in [6.07, 6.45) is 6.01. The Morgan fingerprint density at radius 3 is 2.69 bits per heavy atom. The maximum Gasteiger partial charge on any atom is 0.224 e. The number of aromatic nitrogens is 3. The van der Waals surface area contributed by atoms with E-state index in [9.17, 15) is 9.59 Å². The highest BCUT2D eigenvalue weighted by atomic mass is 16.1. The Morgan fingerprint density at radius 1 is 1.19 bits per heavy atom. The van der Waals surface area contributed by atoms with Crippen LogP contribution in [0.25, 0.3) is 11.0 Å². The van der Waals surface area contributed by atoms with Gasteiger partial charge in [0.15, 0.2) is 5.43 Å². The van der Waals surface area contributed by atoms with E-state index in [-0.39, 0.29) is 17.8 Å². The van der Waals surface area contributed by atoms with Gasteiger partial charge in [-0.25, -0.2) is 4.98 Å². The summed E-state index contributed by atoms with van der Waals surface area (Å²) in [4.78, 5) is 33.4. The van der Waals surface area contributed by atoms with Gasteiger partial charge >= 0.3 is 0 Å². The lowest BCUT2D eigenvalue weighted by Crippen LogP contribution is -2.29. The molecule has 0 bridgehead atoms. The van der Waals surface area contributed by atoms with E-state index in [4.69, 9.17) is 0 Å². The second-order valence-corrected chi connectivity index (χ2v) is 6.23. The Hall–Kier alpha value is -3.02. The molecule has 0 radical (unpaired) electrons. The van der Waals surface area contributed by atoms with Crippen LogP contribution >= 0.6 is 0 Å². The van der Waals surface area contributed by atoms with E-state index in [2.05, 4.69) is 15.3 Å². The van der Waals surface area contributed by atoms with E-state index in [1.54, 1.807) is 24.7 Å². The molecule has 0 aliphatic rings. The number of hydrogen-bond donors (Lipinski definition) is 1. The van der Waals surface area contributed by atoms with E-state index < -0.39 is 0 Å². The molecule has 0 aromatic carbocycles. The molecule has 0 unspecified atom stereocenters. The Balaban J connectivity index is 1.74. The molecule has 3 rings (SSSR count). The van der Waals surface area contributed by atoms with Crippen molar-refractivity contribution in [3.8, 4) is 0 Å². The first kappa shape index (κ1) is 17.8. The van der Waals surface area contributed by atoms with Crippen LogP contribution in [0, 0.1) is 6.92 Å². The van der Waals surface area contributed by atoms with Gasteiger partial charge in [-0.3, -0.25) is 14.6 Å². The number of carbonyl (C=O) groups excluding carboxylic acids is 1. The van der Waals surface area contributed by atoms with Crippen molar-refractivity contribution in [1.29, 1.82) is 0 Å². The first-order chi connectivity index (χ1) is 12.6. The number of nitrogens with one attached hydrogen (secondary N) is 1. The predicted molar refractivity (Wildman–Crippen MR) is 101 cm³/mol. The normalized spacial score (nSPS) is 10.8. The standard InChI is InChI=1S/C20H22N4O2/c1-3-24-13-16(19(26)17-5-4-14(2)23-20(17)24)12-18(25)22-11-8-15-6-9-21-10-7-15/h4-7,9-10,13H,3,8,11-12H2,1-2H3,(H,22,25). The molecule has 0 saturated heterocycles. The summed E-state index contributed by atoms with van der Waals surface area (Å²) in [6, 6.07) is 7.45. The number of pyridine rings is 3. The van der Waals surface area contributed by atoms with Crippen LogP contribution in [0.1, 0.15) is 23.7 Å². The minimum absolute atomic E-state index is 0.0684. The molecule has 3 aromatic heterocycles. The smallest absolute Gasteiger partial charge is 0.224 e. The predicted octanol–water partition coefficient (Wildman–Crippen LogP) is 2.02. The first-order valence-corrected chi connectivity index (χ1v) is 8.73. The van der Waals surface area contributed by atoms with Gasteiger partial charge < -0.3 is 9.88 Å². The summed E-state index contributed by atoms with van der Waals surface area (Å²) in [6.45, 7) is 5.10. The summed E-state index contributed by atoms with van der Waals surface area (Å²) in [5, 5.41) is 3.43. The van der Waals surface area contributed by atoms with E-state index >= 15 is 0 Å². The summed E-state index contributed by atoms with van der Waals surface area (Å²) in [7, 11) is 0. The highest BCUT2D eigenvalue weighted by Gasteiger charge is 2.13. The van der Waals surface area contributed by atoms with Gasteiger partial charge in [-0.2, -0.15) is 0 Å². The van der Waals surface area contributed by atoms with Gasteiger partial charge in [0.2, 0.25) is 5.91 Å². The number of fused-ring (bicyclic) bond motifs is 1. The van der Waals surface area contributed by atoms with Crippen molar-refractivity contribution < 1.29 is 4.79 Å². The summed E-state index contributed by atoms with van der Waals surface area (Å²) < 4.78 is 1.92. The third kappa shape index (κ3) is 3.96. The highest BCUT2D eigenvalue weighted by Crippen LogP contribution is 2.11. The van der Waals surface area contributed by atoms with Crippen molar-refractivity contribution in [3.63, 3.8) is 0 Å². The van der Waals surface area contributed by atoms with Crippen molar-refractivity contribution in [3.05, 3.63) is 69.9 Å². The largest absolute Gasteiger partial charge is 0.355 e. The molecule has 0 fully saturated rings. The Kier molecular flexibility index (Phi) is 5.41. The van der Waals surface area contributed by atoms with Crippen LogP contribution in [0.5, 0.6) is 0 Å². The molecule has 3 heterocycles. The number of hydrogen-bond acceptors (Lipinski definition) is 4. The molecule has 3 aromatic rings. The number of amides is 1. The van der Waals surface area contributed by atoms with Crippen LogP contribution < -0.4 is 10.7 Å². The fourth-order valence-electron chi connectivity index (χ4n) is 2.92. The van der Waals surface area contributed by atoms with Gasteiger partial charge in [-0.1, -0.05) is 0 Å². The summed E-state index contributed by atoms with van der Waals surface area (Å²) >= 11 is 0. The Bertz CT molecular complexity index is 980. The van der Waals surface area contributed by atoms with Crippen LogP contribution in [0.3, 0.4) is 0 Å². The van der Waals surface area contributed by atoms with Gasteiger partial charge in [-0.05, 0) is 50.1 Å². The molecule has 26 heavy (non-hydrogen) atoms. The lowest BCUT2D eigenvalue weighted by atomic mass is 10.1. The van der Waals surface area contributed by atoms with E-state index in [0.29, 0.717) is 29.7 Å². The molecule has 0 aliphatic carbocycles. The third-order valence-corrected chi connectivity index (χ3v) is 4.31. The van der Waals surface area contributed by atoms with Gasteiger partial charge in [0.25, 0.3) is 0 Å². The molecule has 0 aliphatic heterocycles. The fourth-order valence-corrected chi connectivity index (χ4v) is 2.92. The van der Waals surface area contributed by atoms with Crippen molar-refractivity contribution in [2.75, 3.05) is 6.54 Å². The molecule has 134 valence electrons.